The van der Waals surface area contributed by atoms with Crippen LogP contribution in [0.5, 0.6) is 0 Å². The number of thiophene rings is 3. The second-order valence-electron chi connectivity index (χ2n) is 15.5. The van der Waals surface area contributed by atoms with Crippen molar-refractivity contribution >= 4 is 146 Å². The number of aliphatic hydroxyl groups is 1. The highest BCUT2D eigenvalue weighted by Crippen LogP contribution is 2.35. The SMILES string of the molecule is CC(C)(C)OC(=O)c1csc2c(Br)cc(CBr)nc12.CO.COCc1cc(Br)c2scc(C(=O)OC(C)(C)C)c2n1.Cc1cc(Br)c2scc(C(=O)OC(C)(C)C)c2n1. The van der Waals surface area contributed by atoms with Gasteiger partial charge >= 0.3 is 17.9 Å². The lowest BCUT2D eigenvalue weighted by atomic mass is 10.2. The number of methoxy groups -OCH3 is 1. The van der Waals surface area contributed by atoms with Crippen LogP contribution in [-0.2, 0) is 30.9 Å². The molecule has 6 heterocycles. The highest BCUT2D eigenvalue weighted by Gasteiger charge is 2.25. The first-order chi connectivity index (χ1) is 27.4. The summed E-state index contributed by atoms with van der Waals surface area (Å²) in [6, 6.07) is 5.80. The van der Waals surface area contributed by atoms with Gasteiger partial charge in [-0.25, -0.2) is 19.4 Å². The van der Waals surface area contributed by atoms with Gasteiger partial charge in [0.25, 0.3) is 0 Å². The van der Waals surface area contributed by atoms with Gasteiger partial charge in [-0.2, -0.15) is 0 Å². The first kappa shape index (κ1) is 50.9. The molecule has 0 aliphatic rings. The third-order valence-corrected chi connectivity index (χ3v) is 13.2. The van der Waals surface area contributed by atoms with Crippen molar-refractivity contribution < 1.29 is 38.4 Å². The Balaban J connectivity index is 0.000000232. The van der Waals surface area contributed by atoms with Gasteiger partial charge < -0.3 is 24.1 Å². The molecule has 6 rings (SSSR count). The minimum absolute atomic E-state index is 0.321. The van der Waals surface area contributed by atoms with Crippen LogP contribution in [0.15, 0.2) is 47.8 Å². The number of nitrogens with zero attached hydrogens (tertiary/aromatic N) is 3. The van der Waals surface area contributed by atoms with Crippen molar-refractivity contribution in [2.24, 2.45) is 0 Å². The van der Waals surface area contributed by atoms with Crippen molar-refractivity contribution in [3.63, 3.8) is 0 Å². The number of fused-ring (bicyclic) bond motifs is 3. The van der Waals surface area contributed by atoms with Crippen LogP contribution in [0.4, 0.5) is 0 Å². The molecule has 0 amide bonds. The molecule has 0 spiro atoms. The van der Waals surface area contributed by atoms with Crippen LogP contribution in [0.2, 0.25) is 0 Å². The van der Waals surface area contributed by atoms with Gasteiger partial charge in [0.2, 0.25) is 0 Å². The normalized spacial score (nSPS) is 11.5. The molecule has 18 heteroatoms. The summed E-state index contributed by atoms with van der Waals surface area (Å²) in [7, 11) is 2.61. The lowest BCUT2D eigenvalue weighted by Gasteiger charge is -2.19. The topological polar surface area (TPSA) is 147 Å². The van der Waals surface area contributed by atoms with E-state index >= 15 is 0 Å². The maximum Gasteiger partial charge on any atom is 0.341 e. The average molecular weight is 1130 g/mol. The largest absolute Gasteiger partial charge is 0.456 e. The van der Waals surface area contributed by atoms with Gasteiger partial charge in [-0.1, -0.05) is 15.9 Å². The Labute approximate surface area is 390 Å². The molecule has 0 unspecified atom stereocenters. The molecule has 0 aromatic carbocycles. The molecule has 0 radical (unpaired) electrons. The Hall–Kier alpha value is -2.42. The van der Waals surface area contributed by atoms with Gasteiger partial charge in [-0.15, -0.1) is 34.0 Å². The quantitative estimate of drug-likeness (QED) is 0.0965. The summed E-state index contributed by atoms with van der Waals surface area (Å²) in [6.07, 6.45) is 0. The molecule has 6 aromatic heterocycles. The summed E-state index contributed by atoms with van der Waals surface area (Å²) in [5.41, 5.74) is 4.63. The van der Waals surface area contributed by atoms with Crippen LogP contribution in [0.25, 0.3) is 30.6 Å². The predicted octanol–water partition coefficient (Wildman–Crippen LogP) is 13.0. The number of pyridine rings is 3. The van der Waals surface area contributed by atoms with Gasteiger partial charge in [-0.05, 0) is 135 Å². The minimum atomic E-state index is -0.521. The molecule has 320 valence electrons. The number of rotatable bonds is 6. The molecular formula is C41H47Br4N3O8S3. The number of hydrogen-bond acceptors (Lipinski definition) is 14. The minimum Gasteiger partial charge on any atom is -0.456 e. The molecule has 6 aromatic rings. The van der Waals surface area contributed by atoms with Crippen LogP contribution in [0.1, 0.15) is 110 Å². The van der Waals surface area contributed by atoms with Crippen LogP contribution in [0, 0.1) is 6.92 Å². The van der Waals surface area contributed by atoms with Crippen molar-refractivity contribution in [1.82, 2.24) is 15.0 Å². The maximum absolute atomic E-state index is 12.2. The van der Waals surface area contributed by atoms with E-state index in [0.29, 0.717) is 45.2 Å². The number of carbonyl (C=O) groups excluding carboxylic acids is 3. The maximum atomic E-state index is 12.2. The number of aryl methyl sites for hydroxylation is 1. The van der Waals surface area contributed by atoms with Gasteiger partial charge in [0, 0.05) is 54.8 Å². The molecule has 0 atom stereocenters. The fraction of sp³-hybridized carbons (Fsp3) is 0.415. The van der Waals surface area contributed by atoms with E-state index in [4.69, 9.17) is 24.1 Å². The van der Waals surface area contributed by atoms with Crippen LogP contribution in [0.3, 0.4) is 0 Å². The molecule has 0 saturated carbocycles. The van der Waals surface area contributed by atoms with Crippen LogP contribution >= 0.6 is 97.7 Å². The number of halogens is 4. The Kier molecular flexibility index (Phi) is 18.6. The number of aromatic nitrogens is 3. The van der Waals surface area contributed by atoms with E-state index in [2.05, 4.69) is 78.7 Å². The highest BCUT2D eigenvalue weighted by atomic mass is 79.9. The Morgan fingerprint density at radius 1 is 0.593 bits per heavy atom. The number of alkyl halides is 1. The summed E-state index contributed by atoms with van der Waals surface area (Å²) < 4.78 is 27.0. The summed E-state index contributed by atoms with van der Waals surface area (Å²) in [5, 5.41) is 13.0. The Bertz CT molecular complexity index is 2430. The number of carbonyl (C=O) groups is 3. The molecule has 0 fully saturated rings. The first-order valence-corrected chi connectivity index (χ1v) is 23.9. The first-order valence-electron chi connectivity index (χ1n) is 17.8. The smallest absolute Gasteiger partial charge is 0.341 e. The third kappa shape index (κ3) is 14.6. The molecule has 0 saturated heterocycles. The second-order valence-corrected chi connectivity index (χ2v) is 21.3. The van der Waals surface area contributed by atoms with Crippen molar-refractivity contribution in [2.45, 2.75) is 98.0 Å². The van der Waals surface area contributed by atoms with Crippen LogP contribution < -0.4 is 0 Å². The monoisotopic (exact) mass is 1120 g/mol. The summed E-state index contributed by atoms with van der Waals surface area (Å²) >= 11 is 18.3. The lowest BCUT2D eigenvalue weighted by molar-refractivity contribution is 0.00595. The molecule has 59 heavy (non-hydrogen) atoms. The standard InChI is InChI=1S/C14H16BrNO3S.C13H13Br2NO2S.C13H14BrNO2S.CH4O/c1-14(2,3)19-13(17)9-7-20-12-10(15)5-8(6-18-4)16-11(9)12;1-13(2,3)18-12(17)8-6-19-11-9(15)4-7(5-14)16-10(8)11;1-7-5-9(14)11-10(15-7)8(6-18-11)12(16)17-13(2,3)4;1-2/h5,7H,6H2,1-4H3;4,6H,5H2,1-3H3;5-6H,1-4H3;2H,1H3. The summed E-state index contributed by atoms with van der Waals surface area (Å²) in [6.45, 7) is 19.0. The van der Waals surface area contributed by atoms with E-state index in [9.17, 15) is 14.4 Å². The molecule has 11 nitrogen and oxygen atoms in total. The summed E-state index contributed by atoms with van der Waals surface area (Å²) in [4.78, 5) is 49.9. The third-order valence-electron chi connectivity index (χ3n) is 6.95. The molecule has 0 bridgehead atoms. The van der Waals surface area contributed by atoms with Crippen molar-refractivity contribution in [3.05, 3.63) is 81.5 Å². The lowest BCUT2D eigenvalue weighted by Crippen LogP contribution is -2.23. The van der Waals surface area contributed by atoms with E-state index < -0.39 is 16.8 Å². The summed E-state index contributed by atoms with van der Waals surface area (Å²) in [5.74, 6) is -0.999. The molecular weight excluding hydrogens is 1080 g/mol. The van der Waals surface area contributed by atoms with E-state index in [1.807, 2.05) is 87.4 Å². The zero-order valence-electron chi connectivity index (χ0n) is 34.8. The molecule has 0 aliphatic carbocycles. The van der Waals surface area contributed by atoms with E-state index in [0.717, 1.165) is 51.7 Å². The molecule has 0 aliphatic heterocycles. The van der Waals surface area contributed by atoms with E-state index in [-0.39, 0.29) is 17.9 Å². The Morgan fingerprint density at radius 2 is 0.915 bits per heavy atom. The fourth-order valence-corrected chi connectivity index (χ4v) is 10.1. The van der Waals surface area contributed by atoms with Gasteiger partial charge in [-0.3, -0.25) is 9.97 Å². The van der Waals surface area contributed by atoms with Gasteiger partial charge in [0.15, 0.2) is 0 Å². The van der Waals surface area contributed by atoms with Crippen LogP contribution in [-0.4, -0.2) is 69.0 Å². The average Bonchev–Trinajstić information content (AvgIpc) is 3.85. The van der Waals surface area contributed by atoms with Gasteiger partial charge in [0.05, 0.1) is 65.3 Å². The molecule has 1 N–H and O–H groups in total. The van der Waals surface area contributed by atoms with Crippen molar-refractivity contribution in [2.75, 3.05) is 14.2 Å². The second kappa shape index (κ2) is 21.6. The van der Waals surface area contributed by atoms with Crippen molar-refractivity contribution in [3.8, 4) is 0 Å². The Morgan fingerprint density at radius 3 is 1.25 bits per heavy atom. The number of aliphatic hydroxyl groups excluding tert-OH is 1. The highest BCUT2D eigenvalue weighted by molar-refractivity contribution is 9.11. The fourth-order valence-electron chi connectivity index (χ4n) is 4.85. The van der Waals surface area contributed by atoms with E-state index in [1.165, 1.54) is 34.0 Å². The van der Waals surface area contributed by atoms with Crippen molar-refractivity contribution in [1.29, 1.82) is 0 Å². The number of hydrogen-bond donors (Lipinski definition) is 1. The number of ether oxygens (including phenoxy) is 4. The zero-order chi connectivity index (χ0) is 44.6. The number of esters is 3. The van der Waals surface area contributed by atoms with Gasteiger partial charge in [0.1, 0.15) is 16.8 Å². The van der Waals surface area contributed by atoms with E-state index in [1.54, 1.807) is 23.2 Å². The predicted molar refractivity (Wildman–Crippen MR) is 254 cm³/mol. The zero-order valence-corrected chi connectivity index (χ0v) is 43.6.